The van der Waals surface area contributed by atoms with E-state index in [1.807, 2.05) is 0 Å². The van der Waals surface area contributed by atoms with Crippen molar-refractivity contribution in [2.24, 2.45) is 0 Å². The van der Waals surface area contributed by atoms with Gasteiger partial charge in [-0.15, -0.1) is 0 Å². The molecule has 1 aromatic carbocycles. The summed E-state index contributed by atoms with van der Waals surface area (Å²) in [5, 5.41) is 5.54. The summed E-state index contributed by atoms with van der Waals surface area (Å²) in [7, 11) is -3.18. The van der Waals surface area contributed by atoms with Crippen LogP contribution in [0.3, 0.4) is 0 Å². The summed E-state index contributed by atoms with van der Waals surface area (Å²) in [5.74, 6) is 0. The van der Waals surface area contributed by atoms with Gasteiger partial charge < -0.3 is 10.6 Å². The lowest BCUT2D eigenvalue weighted by Crippen LogP contribution is -2.44. The van der Waals surface area contributed by atoms with Gasteiger partial charge in [0.2, 0.25) is 0 Å². The summed E-state index contributed by atoms with van der Waals surface area (Å²) >= 11 is 0. The molecule has 1 saturated heterocycles. The number of hydrogen-bond acceptors (Lipinski definition) is 5. The molecule has 0 saturated carbocycles. The number of rotatable bonds is 4. The lowest BCUT2D eigenvalue weighted by atomic mass is 10.2. The second-order valence-corrected chi connectivity index (χ2v) is 6.72. The van der Waals surface area contributed by atoms with Gasteiger partial charge in [-0.05, 0) is 17.7 Å². The Morgan fingerprint density at radius 3 is 2.40 bits per heavy atom. The summed E-state index contributed by atoms with van der Waals surface area (Å²) in [6.07, 6.45) is 1.16. The van der Waals surface area contributed by atoms with Crippen molar-refractivity contribution in [2.45, 2.75) is 17.5 Å². The number of nitrogens with one attached hydrogen (secondary N) is 4. The van der Waals surface area contributed by atoms with Crippen LogP contribution >= 0.6 is 0 Å². The van der Waals surface area contributed by atoms with Gasteiger partial charge in [-0.2, -0.15) is 0 Å². The zero-order valence-corrected chi connectivity index (χ0v) is 12.0. The van der Waals surface area contributed by atoms with Gasteiger partial charge in [0.05, 0.1) is 10.9 Å². The zero-order chi connectivity index (χ0) is 14.6. The molecule has 20 heavy (non-hydrogen) atoms. The quantitative estimate of drug-likeness (QED) is 0.593. The highest BCUT2D eigenvalue weighted by molar-refractivity contribution is 7.90. The summed E-state index contributed by atoms with van der Waals surface area (Å²) in [5.41, 5.74) is 6.69. The summed E-state index contributed by atoms with van der Waals surface area (Å²) in [6.45, 7) is 1.73. The van der Waals surface area contributed by atoms with Gasteiger partial charge in [-0.3, -0.25) is 10.9 Å². The van der Waals surface area contributed by atoms with E-state index < -0.39 is 9.84 Å². The van der Waals surface area contributed by atoms with E-state index in [0.717, 1.165) is 11.8 Å². The van der Waals surface area contributed by atoms with Gasteiger partial charge in [0.1, 0.15) is 0 Å². The van der Waals surface area contributed by atoms with Crippen molar-refractivity contribution in [3.8, 4) is 0 Å². The van der Waals surface area contributed by atoms with Gasteiger partial charge in [0.25, 0.3) is 0 Å². The number of benzene rings is 1. The number of hydrogen-bond donors (Lipinski definition) is 4. The smallest absolute Gasteiger partial charge is 0.315 e. The lowest BCUT2D eigenvalue weighted by molar-refractivity contribution is 0.238. The van der Waals surface area contributed by atoms with Crippen LogP contribution in [0.25, 0.3) is 0 Å². The molecule has 7 nitrogen and oxygen atoms in total. The third-order valence-electron chi connectivity index (χ3n) is 2.96. The molecule has 8 heteroatoms. The Morgan fingerprint density at radius 2 is 1.85 bits per heavy atom. The van der Waals surface area contributed by atoms with Crippen molar-refractivity contribution in [1.29, 1.82) is 0 Å². The van der Waals surface area contributed by atoms with Crippen LogP contribution in [0.15, 0.2) is 29.2 Å². The molecule has 2 amide bonds. The third-order valence-corrected chi connectivity index (χ3v) is 4.09. The highest BCUT2D eigenvalue weighted by atomic mass is 32.2. The molecule has 110 valence electrons. The number of urea groups is 1. The van der Waals surface area contributed by atoms with Crippen LogP contribution in [-0.2, 0) is 16.4 Å². The molecule has 1 aliphatic heterocycles. The maximum atomic E-state index is 11.6. The lowest BCUT2D eigenvalue weighted by Gasteiger charge is -2.12. The maximum absolute atomic E-state index is 11.6. The predicted molar refractivity (Wildman–Crippen MR) is 74.7 cm³/mol. The van der Waals surface area contributed by atoms with E-state index in [1.54, 1.807) is 12.1 Å². The van der Waals surface area contributed by atoms with Gasteiger partial charge in [0.15, 0.2) is 9.84 Å². The fourth-order valence-corrected chi connectivity index (χ4v) is 2.47. The van der Waals surface area contributed by atoms with E-state index in [1.165, 1.54) is 12.1 Å². The van der Waals surface area contributed by atoms with E-state index in [0.29, 0.717) is 19.6 Å². The second kappa shape index (κ2) is 6.21. The first-order chi connectivity index (χ1) is 9.45. The highest BCUT2D eigenvalue weighted by Gasteiger charge is 2.15. The molecule has 0 aromatic heterocycles. The first-order valence-corrected chi connectivity index (χ1v) is 8.13. The normalized spacial score (nSPS) is 16.1. The Kier molecular flexibility index (Phi) is 4.58. The first kappa shape index (κ1) is 14.8. The van der Waals surface area contributed by atoms with Crippen LogP contribution in [0.2, 0.25) is 0 Å². The summed E-state index contributed by atoms with van der Waals surface area (Å²) in [6, 6.07) is 6.28. The molecule has 1 aromatic rings. The molecule has 0 aliphatic carbocycles. The van der Waals surface area contributed by atoms with Crippen molar-refractivity contribution < 1.29 is 13.2 Å². The highest BCUT2D eigenvalue weighted by Crippen LogP contribution is 2.10. The van der Waals surface area contributed by atoms with Crippen molar-refractivity contribution in [1.82, 2.24) is 21.5 Å². The van der Waals surface area contributed by atoms with E-state index in [-0.39, 0.29) is 17.0 Å². The molecule has 4 N–H and O–H groups in total. The Morgan fingerprint density at radius 1 is 1.25 bits per heavy atom. The van der Waals surface area contributed by atoms with E-state index >= 15 is 0 Å². The molecule has 1 fully saturated rings. The van der Waals surface area contributed by atoms with Gasteiger partial charge in [-0.1, -0.05) is 12.1 Å². The zero-order valence-electron chi connectivity index (χ0n) is 11.1. The van der Waals surface area contributed by atoms with E-state index in [9.17, 15) is 13.2 Å². The largest absolute Gasteiger partial charge is 0.334 e. The average molecular weight is 298 g/mol. The predicted octanol–water partition coefficient (Wildman–Crippen LogP) is -0.634. The minimum Gasteiger partial charge on any atom is -0.334 e. The number of carbonyl (C=O) groups excluding carboxylic acids is 1. The molecule has 2 rings (SSSR count). The van der Waals surface area contributed by atoms with Crippen LogP contribution in [0.4, 0.5) is 4.79 Å². The molecular weight excluding hydrogens is 280 g/mol. The molecular formula is C12H18N4O3S. The Balaban J connectivity index is 1.83. The fourth-order valence-electron chi connectivity index (χ4n) is 1.84. The number of amides is 2. The molecule has 0 unspecified atom stereocenters. The van der Waals surface area contributed by atoms with Crippen LogP contribution < -0.4 is 21.5 Å². The summed E-state index contributed by atoms with van der Waals surface area (Å²) in [4.78, 5) is 11.9. The molecule has 0 spiro atoms. The minimum atomic E-state index is -3.18. The standard InChI is InChI=1S/C12H18N4O3S/c1-20(18,19)11-4-2-9(3-5-11)6-13-12(17)16-10-7-14-15-8-10/h2-5,10,14-15H,6-8H2,1H3,(H2,13,16,17). The minimum absolute atomic E-state index is 0.0719. The first-order valence-electron chi connectivity index (χ1n) is 6.24. The van der Waals surface area contributed by atoms with Crippen LogP contribution in [0.5, 0.6) is 0 Å². The Hall–Kier alpha value is -1.64. The number of carbonyl (C=O) groups is 1. The average Bonchev–Trinajstić information content (AvgIpc) is 2.88. The van der Waals surface area contributed by atoms with Crippen molar-refractivity contribution in [3.63, 3.8) is 0 Å². The molecule has 0 atom stereocenters. The van der Waals surface area contributed by atoms with Crippen molar-refractivity contribution >= 4 is 15.9 Å². The monoisotopic (exact) mass is 298 g/mol. The second-order valence-electron chi connectivity index (χ2n) is 4.70. The Labute approximate surface area is 118 Å². The van der Waals surface area contributed by atoms with Crippen LogP contribution in [0.1, 0.15) is 5.56 Å². The van der Waals surface area contributed by atoms with Crippen LogP contribution in [-0.4, -0.2) is 39.8 Å². The van der Waals surface area contributed by atoms with Gasteiger partial charge in [-0.25, -0.2) is 13.2 Å². The van der Waals surface area contributed by atoms with Crippen LogP contribution in [0, 0.1) is 0 Å². The maximum Gasteiger partial charge on any atom is 0.315 e. The topological polar surface area (TPSA) is 99.3 Å². The molecule has 0 radical (unpaired) electrons. The molecule has 0 bridgehead atoms. The van der Waals surface area contributed by atoms with Crippen molar-refractivity contribution in [2.75, 3.05) is 19.3 Å². The SMILES string of the molecule is CS(=O)(=O)c1ccc(CNC(=O)NC2CNNC2)cc1. The molecule has 1 aliphatic rings. The van der Waals surface area contributed by atoms with Gasteiger partial charge in [0, 0.05) is 25.9 Å². The number of hydrazine groups is 1. The summed E-state index contributed by atoms with van der Waals surface area (Å²) < 4.78 is 22.6. The van der Waals surface area contributed by atoms with Gasteiger partial charge >= 0.3 is 6.03 Å². The third kappa shape index (κ3) is 4.19. The molecule has 1 heterocycles. The van der Waals surface area contributed by atoms with Crippen molar-refractivity contribution in [3.05, 3.63) is 29.8 Å². The van der Waals surface area contributed by atoms with E-state index in [2.05, 4.69) is 21.5 Å². The Bertz CT molecular complexity index is 565. The number of sulfone groups is 1. The van der Waals surface area contributed by atoms with E-state index in [4.69, 9.17) is 0 Å². The fraction of sp³-hybridized carbons (Fsp3) is 0.417.